The van der Waals surface area contributed by atoms with E-state index in [9.17, 15) is 9.18 Å². The van der Waals surface area contributed by atoms with Gasteiger partial charge in [0, 0.05) is 17.9 Å². The number of aryl methyl sites for hydroxylation is 2. The molecule has 1 aliphatic rings. The van der Waals surface area contributed by atoms with Crippen molar-refractivity contribution < 1.29 is 9.18 Å². The predicted octanol–water partition coefficient (Wildman–Crippen LogP) is 2.54. The predicted molar refractivity (Wildman–Crippen MR) is 98.9 cm³/mol. The number of hydrogen-bond acceptors (Lipinski definition) is 5. The van der Waals surface area contributed by atoms with E-state index in [-0.39, 0.29) is 24.1 Å². The second-order valence-corrected chi connectivity index (χ2v) is 6.82. The molecule has 1 aliphatic heterocycles. The number of anilines is 1. The minimum Gasteiger partial charge on any atom is -0.310 e. The van der Waals surface area contributed by atoms with Crippen molar-refractivity contribution in [3.05, 3.63) is 64.9 Å². The molecule has 8 nitrogen and oxygen atoms in total. The molecule has 1 unspecified atom stereocenters. The highest BCUT2D eigenvalue weighted by molar-refractivity contribution is 5.95. The van der Waals surface area contributed by atoms with Crippen LogP contribution in [0.4, 0.5) is 10.2 Å². The van der Waals surface area contributed by atoms with Crippen molar-refractivity contribution >= 4 is 17.4 Å². The topological polar surface area (TPSA) is 90.0 Å². The van der Waals surface area contributed by atoms with Crippen LogP contribution < -0.4 is 5.32 Å². The van der Waals surface area contributed by atoms with Gasteiger partial charge < -0.3 is 5.32 Å². The van der Waals surface area contributed by atoms with Gasteiger partial charge in [0.25, 0.3) is 0 Å². The highest BCUT2D eigenvalue weighted by Gasteiger charge is 2.33. The summed E-state index contributed by atoms with van der Waals surface area (Å²) in [5.74, 6) is 1.16. The number of carbonyl (C=O) groups is 1. The SMILES string of the molecule is Cc1nn(-c2ccc3nnc(C)n3n2)c2c1C(c1ccc(F)cc1)CC(=O)N2. The Labute approximate surface area is 159 Å². The first-order valence-electron chi connectivity index (χ1n) is 8.85. The van der Waals surface area contributed by atoms with E-state index in [2.05, 4.69) is 25.7 Å². The van der Waals surface area contributed by atoms with Crippen LogP contribution in [0.25, 0.3) is 11.5 Å². The monoisotopic (exact) mass is 377 g/mol. The van der Waals surface area contributed by atoms with Gasteiger partial charge in [-0.05, 0) is 43.7 Å². The normalized spacial score (nSPS) is 16.2. The van der Waals surface area contributed by atoms with E-state index >= 15 is 0 Å². The van der Waals surface area contributed by atoms with Gasteiger partial charge in [-0.15, -0.1) is 15.3 Å². The third-order valence-electron chi connectivity index (χ3n) is 5.00. The molecule has 0 saturated heterocycles. The minimum absolute atomic E-state index is 0.121. The lowest BCUT2D eigenvalue weighted by Crippen LogP contribution is -2.25. The first-order chi connectivity index (χ1) is 13.5. The lowest BCUT2D eigenvalue weighted by Gasteiger charge is -2.24. The third-order valence-corrected chi connectivity index (χ3v) is 5.00. The molecule has 5 rings (SSSR count). The quantitative estimate of drug-likeness (QED) is 0.580. The third kappa shape index (κ3) is 2.47. The Kier molecular flexibility index (Phi) is 3.51. The van der Waals surface area contributed by atoms with Crippen molar-refractivity contribution in [2.75, 3.05) is 5.32 Å². The zero-order valence-electron chi connectivity index (χ0n) is 15.2. The second kappa shape index (κ2) is 5.95. The molecule has 4 aromatic rings. The standard InChI is InChI=1S/C19H16FN7O/c1-10-18-14(12-3-5-13(20)6-4-12)9-17(28)21-19(18)27(24-10)16-8-7-15-23-22-11(2)26(15)25-16/h3-8,14H,9H2,1-2H3,(H,21,28). The molecule has 0 aliphatic carbocycles. The Morgan fingerprint density at radius 3 is 2.64 bits per heavy atom. The molecule has 140 valence electrons. The number of rotatable bonds is 2. The fraction of sp³-hybridized carbons (Fsp3) is 0.211. The number of nitrogens with zero attached hydrogens (tertiary/aromatic N) is 6. The van der Waals surface area contributed by atoms with Gasteiger partial charge in [0.15, 0.2) is 17.3 Å². The summed E-state index contributed by atoms with van der Waals surface area (Å²) in [4.78, 5) is 12.4. The van der Waals surface area contributed by atoms with Crippen LogP contribution in [0.1, 0.15) is 35.0 Å². The fourth-order valence-electron chi connectivity index (χ4n) is 3.69. The number of benzene rings is 1. The van der Waals surface area contributed by atoms with E-state index < -0.39 is 0 Å². The molecular formula is C19H16FN7O. The molecule has 0 fully saturated rings. The molecule has 0 bridgehead atoms. The van der Waals surface area contributed by atoms with Gasteiger partial charge in [-0.1, -0.05) is 12.1 Å². The number of hydrogen-bond donors (Lipinski definition) is 1. The summed E-state index contributed by atoms with van der Waals surface area (Å²) in [7, 11) is 0. The van der Waals surface area contributed by atoms with Crippen LogP contribution >= 0.6 is 0 Å². The highest BCUT2D eigenvalue weighted by atomic mass is 19.1. The summed E-state index contributed by atoms with van der Waals surface area (Å²) in [6.45, 7) is 3.71. The summed E-state index contributed by atoms with van der Waals surface area (Å²) >= 11 is 0. The van der Waals surface area contributed by atoms with Crippen molar-refractivity contribution in [2.45, 2.75) is 26.2 Å². The molecule has 0 radical (unpaired) electrons. The zero-order valence-corrected chi connectivity index (χ0v) is 15.2. The summed E-state index contributed by atoms with van der Waals surface area (Å²) < 4.78 is 16.6. The largest absolute Gasteiger partial charge is 0.310 e. The maximum Gasteiger partial charge on any atom is 0.226 e. The van der Waals surface area contributed by atoms with E-state index in [4.69, 9.17) is 0 Å². The number of nitrogens with one attached hydrogen (secondary N) is 1. The first kappa shape index (κ1) is 16.5. The van der Waals surface area contributed by atoms with Crippen LogP contribution in [-0.2, 0) is 4.79 Å². The molecule has 1 amide bonds. The number of aromatic nitrogens is 6. The molecule has 3 aromatic heterocycles. The Balaban J connectivity index is 1.68. The maximum absolute atomic E-state index is 13.3. The van der Waals surface area contributed by atoms with E-state index in [1.54, 1.807) is 33.5 Å². The fourth-order valence-corrected chi connectivity index (χ4v) is 3.69. The van der Waals surface area contributed by atoms with Gasteiger partial charge in [0.05, 0.1) is 5.69 Å². The van der Waals surface area contributed by atoms with Gasteiger partial charge in [0.1, 0.15) is 11.6 Å². The zero-order chi connectivity index (χ0) is 19.4. The van der Waals surface area contributed by atoms with Crippen LogP contribution in [0.3, 0.4) is 0 Å². The smallest absolute Gasteiger partial charge is 0.226 e. The van der Waals surface area contributed by atoms with E-state index in [1.165, 1.54) is 12.1 Å². The molecule has 28 heavy (non-hydrogen) atoms. The molecule has 1 atom stereocenters. The highest BCUT2D eigenvalue weighted by Crippen LogP contribution is 2.39. The van der Waals surface area contributed by atoms with Crippen LogP contribution in [0.2, 0.25) is 0 Å². The molecular weight excluding hydrogens is 361 g/mol. The van der Waals surface area contributed by atoms with Gasteiger partial charge in [0.2, 0.25) is 5.91 Å². The van der Waals surface area contributed by atoms with Gasteiger partial charge in [-0.3, -0.25) is 4.79 Å². The van der Waals surface area contributed by atoms with Gasteiger partial charge in [-0.25, -0.2) is 4.39 Å². The number of amides is 1. The van der Waals surface area contributed by atoms with Gasteiger partial charge >= 0.3 is 0 Å². The van der Waals surface area contributed by atoms with E-state index in [1.807, 2.05) is 13.8 Å². The van der Waals surface area contributed by atoms with Crippen molar-refractivity contribution in [2.24, 2.45) is 0 Å². The summed E-state index contributed by atoms with van der Waals surface area (Å²) in [6.07, 6.45) is 0.280. The van der Waals surface area contributed by atoms with Crippen LogP contribution in [-0.4, -0.2) is 35.5 Å². The van der Waals surface area contributed by atoms with Gasteiger partial charge in [-0.2, -0.15) is 14.3 Å². The molecule has 4 heterocycles. The van der Waals surface area contributed by atoms with E-state index in [0.717, 1.165) is 16.8 Å². The van der Waals surface area contributed by atoms with Crippen molar-refractivity contribution in [1.29, 1.82) is 0 Å². The lowest BCUT2D eigenvalue weighted by atomic mass is 9.86. The molecule has 9 heteroatoms. The first-order valence-corrected chi connectivity index (χ1v) is 8.85. The lowest BCUT2D eigenvalue weighted by molar-refractivity contribution is -0.116. The van der Waals surface area contributed by atoms with Crippen LogP contribution in [0, 0.1) is 19.7 Å². The molecule has 0 spiro atoms. The van der Waals surface area contributed by atoms with Crippen LogP contribution in [0.15, 0.2) is 36.4 Å². The Morgan fingerprint density at radius 2 is 1.86 bits per heavy atom. The Hall–Kier alpha value is -3.62. The van der Waals surface area contributed by atoms with Crippen molar-refractivity contribution in [3.8, 4) is 5.82 Å². The average molecular weight is 377 g/mol. The van der Waals surface area contributed by atoms with E-state index in [0.29, 0.717) is 23.1 Å². The van der Waals surface area contributed by atoms with Crippen LogP contribution in [0.5, 0.6) is 0 Å². The molecule has 1 N–H and O–H groups in total. The minimum atomic E-state index is -0.307. The second-order valence-electron chi connectivity index (χ2n) is 6.82. The summed E-state index contributed by atoms with van der Waals surface area (Å²) in [5, 5.41) is 20.1. The van der Waals surface area contributed by atoms with Crippen molar-refractivity contribution in [3.63, 3.8) is 0 Å². The number of fused-ring (bicyclic) bond motifs is 2. The summed E-state index contributed by atoms with van der Waals surface area (Å²) in [6, 6.07) is 9.82. The summed E-state index contributed by atoms with van der Waals surface area (Å²) in [5.41, 5.74) is 3.20. The Bertz CT molecular complexity index is 1230. The molecule has 0 saturated carbocycles. The average Bonchev–Trinajstić information content (AvgIpc) is 3.22. The number of carbonyl (C=O) groups excluding carboxylic acids is 1. The molecule has 1 aromatic carbocycles. The maximum atomic E-state index is 13.3. The number of halogens is 1. The van der Waals surface area contributed by atoms with Crippen molar-refractivity contribution in [1.82, 2.24) is 29.6 Å². The Morgan fingerprint density at radius 1 is 1.07 bits per heavy atom.